The fourth-order valence-electron chi connectivity index (χ4n) is 4.83. The molecule has 2 aliphatic rings. The Morgan fingerprint density at radius 3 is 2.66 bits per heavy atom. The van der Waals surface area contributed by atoms with Crippen LogP contribution < -0.4 is 5.01 Å². The zero-order valence-electron chi connectivity index (χ0n) is 19.5. The molecule has 0 unspecified atom stereocenters. The first-order valence-corrected chi connectivity index (χ1v) is 13.3. The van der Waals surface area contributed by atoms with Crippen molar-refractivity contribution in [2.45, 2.75) is 39.2 Å². The number of carbonyl (C=O) groups is 1. The Morgan fingerprint density at radius 1 is 1.17 bits per heavy atom. The minimum atomic E-state index is -0.355. The van der Waals surface area contributed by atoms with Crippen molar-refractivity contribution >= 4 is 57.4 Å². The summed E-state index contributed by atoms with van der Waals surface area (Å²) >= 11 is 14.5. The first kappa shape index (κ1) is 24.0. The number of anilines is 1. The van der Waals surface area contributed by atoms with Crippen molar-refractivity contribution in [3.8, 4) is 0 Å². The fraction of sp³-hybridized carbons (Fsp3) is 0.296. The molecule has 0 spiro atoms. The molecule has 35 heavy (non-hydrogen) atoms. The molecular weight excluding hydrogens is 501 g/mol. The number of hydrogen-bond donors (Lipinski definition) is 0. The molecule has 0 bridgehead atoms. The minimum Gasteiger partial charge on any atom is -0.462 e. The quantitative estimate of drug-likeness (QED) is 0.319. The summed E-state index contributed by atoms with van der Waals surface area (Å²) in [6, 6.07) is 15.6. The van der Waals surface area contributed by atoms with Gasteiger partial charge in [0.2, 0.25) is 5.13 Å². The highest BCUT2D eigenvalue weighted by molar-refractivity contribution is 7.17. The maximum absolute atomic E-state index is 12.5. The summed E-state index contributed by atoms with van der Waals surface area (Å²) in [4.78, 5) is 17.7. The summed E-state index contributed by atoms with van der Waals surface area (Å²) in [6.45, 7) is 3.94. The van der Waals surface area contributed by atoms with Gasteiger partial charge in [0.15, 0.2) is 0 Å². The van der Waals surface area contributed by atoms with Crippen LogP contribution in [0.15, 0.2) is 59.2 Å². The highest BCUT2D eigenvalue weighted by Crippen LogP contribution is 2.48. The van der Waals surface area contributed by atoms with Crippen LogP contribution >= 0.6 is 34.5 Å². The van der Waals surface area contributed by atoms with Crippen molar-refractivity contribution in [1.82, 2.24) is 4.98 Å². The zero-order chi connectivity index (χ0) is 24.5. The molecule has 2 heterocycles. The number of rotatable bonds is 5. The predicted octanol–water partition coefficient (Wildman–Crippen LogP) is 7.74. The zero-order valence-corrected chi connectivity index (χ0v) is 21.8. The number of esters is 1. The molecule has 0 amide bonds. The number of aryl methyl sites for hydroxylation is 1. The van der Waals surface area contributed by atoms with Crippen molar-refractivity contribution in [1.29, 1.82) is 0 Å². The van der Waals surface area contributed by atoms with Crippen LogP contribution in [0.25, 0.3) is 6.08 Å². The van der Waals surface area contributed by atoms with Crippen molar-refractivity contribution in [3.05, 3.63) is 85.8 Å². The fourth-order valence-corrected chi connectivity index (χ4v) is 6.21. The van der Waals surface area contributed by atoms with E-state index in [1.807, 2.05) is 54.4 Å². The minimum absolute atomic E-state index is 0.116. The lowest BCUT2D eigenvalue weighted by atomic mass is 9.77. The Morgan fingerprint density at radius 2 is 1.91 bits per heavy atom. The van der Waals surface area contributed by atoms with E-state index in [0.29, 0.717) is 27.3 Å². The number of allylic oxidation sites excluding steroid dienone is 1. The molecule has 180 valence electrons. The van der Waals surface area contributed by atoms with Gasteiger partial charge in [0.25, 0.3) is 0 Å². The van der Waals surface area contributed by atoms with Crippen LogP contribution in [0.1, 0.15) is 58.7 Å². The van der Waals surface area contributed by atoms with Gasteiger partial charge in [-0.05, 0) is 68.0 Å². The molecule has 5 nitrogen and oxygen atoms in total. The highest BCUT2D eigenvalue weighted by atomic mass is 35.5. The summed E-state index contributed by atoms with van der Waals surface area (Å²) < 4.78 is 5.24. The number of hydrogen-bond acceptors (Lipinski definition) is 6. The Bertz CT molecular complexity index is 1330. The third-order valence-corrected chi connectivity index (χ3v) is 8.22. The molecule has 0 saturated heterocycles. The van der Waals surface area contributed by atoms with Crippen LogP contribution in [0.3, 0.4) is 0 Å². The van der Waals surface area contributed by atoms with E-state index in [1.165, 1.54) is 16.9 Å². The predicted molar refractivity (Wildman–Crippen MR) is 144 cm³/mol. The molecule has 8 heteroatoms. The molecule has 1 fully saturated rings. The van der Waals surface area contributed by atoms with Crippen LogP contribution in [0.4, 0.5) is 5.13 Å². The van der Waals surface area contributed by atoms with Gasteiger partial charge in [-0.3, -0.25) is 0 Å². The van der Waals surface area contributed by atoms with E-state index in [2.05, 4.69) is 12.1 Å². The van der Waals surface area contributed by atoms with E-state index < -0.39 is 0 Å². The largest absolute Gasteiger partial charge is 0.462 e. The van der Waals surface area contributed by atoms with E-state index in [-0.39, 0.29) is 17.9 Å². The van der Waals surface area contributed by atoms with Gasteiger partial charge in [-0.1, -0.05) is 70.9 Å². The molecule has 3 aromatic rings. The van der Waals surface area contributed by atoms with Crippen LogP contribution in [0, 0.1) is 12.8 Å². The molecule has 1 saturated carbocycles. The molecule has 5 rings (SSSR count). The number of carbonyl (C=O) groups excluding carboxylic acids is 1. The average Bonchev–Trinajstić information content (AvgIpc) is 3.42. The van der Waals surface area contributed by atoms with Gasteiger partial charge in [0.05, 0.1) is 24.1 Å². The Labute approximate surface area is 219 Å². The van der Waals surface area contributed by atoms with Crippen molar-refractivity contribution in [2.75, 3.05) is 11.6 Å². The number of hydrazone groups is 1. The summed E-state index contributed by atoms with van der Waals surface area (Å²) in [7, 11) is 0. The van der Waals surface area contributed by atoms with E-state index in [0.717, 1.165) is 41.1 Å². The number of nitrogens with zero attached hydrogens (tertiary/aromatic N) is 3. The second-order valence-electron chi connectivity index (χ2n) is 8.62. The van der Waals surface area contributed by atoms with E-state index >= 15 is 0 Å². The second-order valence-corrected chi connectivity index (χ2v) is 10.4. The van der Waals surface area contributed by atoms with E-state index in [4.69, 9.17) is 38.0 Å². The molecule has 1 aliphatic heterocycles. The van der Waals surface area contributed by atoms with Gasteiger partial charge in [-0.15, -0.1) is 0 Å². The number of aromatic nitrogens is 1. The van der Waals surface area contributed by atoms with Gasteiger partial charge in [-0.25, -0.2) is 14.8 Å². The first-order valence-electron chi connectivity index (χ1n) is 11.7. The number of benzene rings is 2. The van der Waals surface area contributed by atoms with Gasteiger partial charge >= 0.3 is 5.97 Å². The smallest absolute Gasteiger partial charge is 0.350 e. The molecule has 0 N–H and O–H groups in total. The van der Waals surface area contributed by atoms with Crippen molar-refractivity contribution in [2.24, 2.45) is 11.0 Å². The average molecular weight is 526 g/mol. The molecule has 2 aromatic carbocycles. The SMILES string of the molecule is CCOC(=O)c1sc(N2N=C3/C(=C\c4ccccc4Cl)CCC[C@H]3[C@H]2c2ccccc2Cl)nc1C. The topological polar surface area (TPSA) is 54.8 Å². The van der Waals surface area contributed by atoms with Crippen LogP contribution in [0.2, 0.25) is 10.0 Å². The van der Waals surface area contributed by atoms with E-state index in [1.54, 1.807) is 6.92 Å². The standard InChI is InChI=1S/C27H25Cl2N3O2S/c1-3-34-26(33)25-16(2)30-27(35-25)32-24(19-11-5-7-14-22(19)29)20-12-8-10-18(23(20)31-32)15-17-9-4-6-13-21(17)28/h4-7,9,11,13-15,20,24H,3,8,10,12H2,1-2H3/b18-15-/t20-,24-/m1/s1. The van der Waals surface area contributed by atoms with Crippen LogP contribution in [-0.2, 0) is 4.74 Å². The molecule has 2 atom stereocenters. The molecule has 0 radical (unpaired) electrons. The van der Waals surface area contributed by atoms with E-state index in [9.17, 15) is 4.79 Å². The molecule has 1 aliphatic carbocycles. The van der Waals surface area contributed by atoms with Gasteiger partial charge < -0.3 is 4.74 Å². The van der Waals surface area contributed by atoms with Gasteiger partial charge in [0.1, 0.15) is 4.88 Å². The Hall–Kier alpha value is -2.67. The summed E-state index contributed by atoms with van der Waals surface area (Å²) in [5, 5.41) is 9.15. The Kier molecular flexibility index (Phi) is 6.96. The van der Waals surface area contributed by atoms with Crippen LogP contribution in [0.5, 0.6) is 0 Å². The summed E-state index contributed by atoms with van der Waals surface area (Å²) in [5.41, 5.74) is 4.83. The lowest BCUT2D eigenvalue weighted by Crippen LogP contribution is -2.28. The van der Waals surface area contributed by atoms with Crippen molar-refractivity contribution in [3.63, 3.8) is 0 Å². The highest BCUT2D eigenvalue weighted by Gasteiger charge is 2.44. The lowest BCUT2D eigenvalue weighted by Gasteiger charge is -2.30. The normalized spacial score (nSPS) is 20.6. The van der Waals surface area contributed by atoms with Crippen molar-refractivity contribution < 1.29 is 9.53 Å². The van der Waals surface area contributed by atoms with Gasteiger partial charge in [-0.2, -0.15) is 5.10 Å². The second kappa shape index (κ2) is 10.1. The third-order valence-electron chi connectivity index (χ3n) is 6.40. The first-order chi connectivity index (χ1) is 17.0. The summed E-state index contributed by atoms with van der Waals surface area (Å²) in [6.07, 6.45) is 5.10. The number of ether oxygens (including phenoxy) is 1. The maximum atomic E-state index is 12.5. The van der Waals surface area contributed by atoms with Crippen LogP contribution in [-0.4, -0.2) is 23.3 Å². The third kappa shape index (κ3) is 4.63. The lowest BCUT2D eigenvalue weighted by molar-refractivity contribution is 0.0531. The maximum Gasteiger partial charge on any atom is 0.350 e. The molecule has 1 aromatic heterocycles. The monoisotopic (exact) mass is 525 g/mol. The number of halogens is 2. The van der Waals surface area contributed by atoms with Gasteiger partial charge in [0, 0.05) is 16.0 Å². The number of thiazole rings is 1. The summed E-state index contributed by atoms with van der Waals surface area (Å²) in [5.74, 6) is -0.209. The Balaban J connectivity index is 1.62. The number of fused-ring (bicyclic) bond motifs is 1. The molecular formula is C27H25Cl2N3O2S.